The van der Waals surface area contributed by atoms with Crippen LogP contribution in [-0.2, 0) is 9.53 Å². The predicted molar refractivity (Wildman–Crippen MR) is 120 cm³/mol. The highest BCUT2D eigenvalue weighted by molar-refractivity contribution is 5.70. The summed E-state index contributed by atoms with van der Waals surface area (Å²) >= 11 is 0. The van der Waals surface area contributed by atoms with Crippen molar-refractivity contribution in [3.05, 3.63) is 11.6 Å². The number of carbonyl (C=O) groups is 1. The first-order valence-corrected chi connectivity index (χ1v) is 12.5. The number of fused-ring (bicyclic) bond motifs is 5. The molecule has 0 aromatic heterocycles. The number of esters is 1. The van der Waals surface area contributed by atoms with Gasteiger partial charge in [-0.15, -0.1) is 0 Å². The number of ether oxygens (including phenoxy) is 1. The zero-order valence-corrected chi connectivity index (χ0v) is 20.3. The summed E-state index contributed by atoms with van der Waals surface area (Å²) in [4.78, 5) is 12.9. The van der Waals surface area contributed by atoms with Gasteiger partial charge in [-0.2, -0.15) is 0 Å². The van der Waals surface area contributed by atoms with Crippen LogP contribution in [0, 0.1) is 34.5 Å². The van der Waals surface area contributed by atoms with Crippen LogP contribution in [0.1, 0.15) is 79.6 Å². The lowest BCUT2D eigenvalue weighted by Gasteiger charge is -2.64. The van der Waals surface area contributed by atoms with Crippen LogP contribution in [0.15, 0.2) is 11.6 Å². The molecule has 6 nitrogen and oxygen atoms in total. The number of aliphatic hydroxyl groups excluding tert-OH is 3. The first-order valence-electron chi connectivity index (χ1n) is 12.5. The van der Waals surface area contributed by atoms with E-state index in [2.05, 4.69) is 13.0 Å². The average Bonchev–Trinajstić information content (AvgIpc) is 2.98. The molecule has 10 unspecified atom stereocenters. The maximum Gasteiger partial charge on any atom is 0.306 e. The summed E-state index contributed by atoms with van der Waals surface area (Å²) in [6.45, 7) is 9.70. The topological polar surface area (TPSA) is 107 Å². The van der Waals surface area contributed by atoms with Crippen LogP contribution in [0.4, 0.5) is 0 Å². The SMILES string of the molecule is CC(C)CC(=O)OC1C2C(CC=C3CC(O)CCC32C)C2(O)CCC(C(C)O)C2(C)C1O. The van der Waals surface area contributed by atoms with Crippen molar-refractivity contribution in [3.63, 3.8) is 0 Å². The Kier molecular flexibility index (Phi) is 6.10. The molecule has 0 radical (unpaired) electrons. The molecular weight excluding hydrogens is 408 g/mol. The fraction of sp³-hybridized carbons (Fsp3) is 0.885. The Labute approximate surface area is 192 Å². The van der Waals surface area contributed by atoms with Crippen molar-refractivity contribution in [2.45, 2.75) is 110 Å². The molecule has 4 rings (SSSR count). The minimum absolute atomic E-state index is 0.144. The fourth-order valence-electron chi connectivity index (χ4n) is 8.13. The molecule has 0 bridgehead atoms. The molecule has 0 aromatic rings. The lowest BCUT2D eigenvalue weighted by Crippen LogP contribution is -2.72. The molecule has 0 aromatic carbocycles. The third kappa shape index (κ3) is 3.31. The zero-order chi connectivity index (χ0) is 23.6. The summed E-state index contributed by atoms with van der Waals surface area (Å²) in [7, 11) is 0. The Bertz CT molecular complexity index is 776. The normalized spacial score (nSPS) is 49.0. The maximum absolute atomic E-state index is 12.9. The first kappa shape index (κ1) is 24.2. The third-order valence-electron chi connectivity index (χ3n) is 9.83. The lowest BCUT2D eigenvalue weighted by molar-refractivity contribution is -0.275. The van der Waals surface area contributed by atoms with E-state index in [0.29, 0.717) is 32.1 Å². The zero-order valence-electron chi connectivity index (χ0n) is 20.3. The van der Waals surface area contributed by atoms with E-state index < -0.39 is 29.3 Å². The molecule has 4 aliphatic rings. The Morgan fingerprint density at radius 3 is 2.50 bits per heavy atom. The molecule has 3 fully saturated rings. The van der Waals surface area contributed by atoms with Crippen molar-refractivity contribution in [2.75, 3.05) is 0 Å². The average molecular weight is 451 g/mol. The maximum atomic E-state index is 12.9. The van der Waals surface area contributed by atoms with Crippen molar-refractivity contribution in [3.8, 4) is 0 Å². The molecule has 4 aliphatic carbocycles. The molecule has 0 aliphatic heterocycles. The number of aliphatic hydroxyl groups is 4. The summed E-state index contributed by atoms with van der Waals surface area (Å²) in [6, 6.07) is 0. The molecule has 0 heterocycles. The number of carbonyl (C=O) groups excluding carboxylic acids is 1. The minimum Gasteiger partial charge on any atom is -0.459 e. The van der Waals surface area contributed by atoms with Gasteiger partial charge in [0.2, 0.25) is 0 Å². The Morgan fingerprint density at radius 1 is 1.19 bits per heavy atom. The summed E-state index contributed by atoms with van der Waals surface area (Å²) in [6.07, 6.45) is 3.35. The van der Waals surface area contributed by atoms with Crippen molar-refractivity contribution in [2.24, 2.45) is 34.5 Å². The largest absolute Gasteiger partial charge is 0.459 e. The predicted octanol–water partition coefficient (Wildman–Crippen LogP) is 2.96. The van der Waals surface area contributed by atoms with Crippen LogP contribution in [0.2, 0.25) is 0 Å². The van der Waals surface area contributed by atoms with Gasteiger partial charge in [0.15, 0.2) is 0 Å². The summed E-state index contributed by atoms with van der Waals surface area (Å²) in [5.41, 5.74) is -1.32. The van der Waals surface area contributed by atoms with E-state index in [1.165, 1.54) is 0 Å². The van der Waals surface area contributed by atoms with Gasteiger partial charge in [-0.25, -0.2) is 0 Å². The van der Waals surface area contributed by atoms with E-state index in [1.807, 2.05) is 20.8 Å². The summed E-state index contributed by atoms with van der Waals surface area (Å²) in [5, 5.41) is 44.9. The number of rotatable bonds is 4. The van der Waals surface area contributed by atoms with Gasteiger partial charge in [0.1, 0.15) is 6.10 Å². The number of allylic oxidation sites excluding steroid dienone is 1. The molecule has 182 valence electrons. The second-order valence-electron chi connectivity index (χ2n) is 12.0. The monoisotopic (exact) mass is 450 g/mol. The third-order valence-corrected chi connectivity index (χ3v) is 9.83. The second-order valence-corrected chi connectivity index (χ2v) is 12.0. The van der Waals surface area contributed by atoms with Gasteiger partial charge in [-0.1, -0.05) is 39.3 Å². The standard InChI is InChI=1S/C26H42O6/c1-14(2)12-20(29)32-22-21-19(7-6-16-13-17(28)8-10-24(16,21)4)26(31)11-9-18(15(3)27)25(26,5)23(22)30/h6,14-15,17-19,21-23,27-28,30-31H,7-13H2,1-5H3. The highest BCUT2D eigenvalue weighted by Gasteiger charge is 2.73. The van der Waals surface area contributed by atoms with Gasteiger partial charge in [0.25, 0.3) is 0 Å². The van der Waals surface area contributed by atoms with E-state index in [4.69, 9.17) is 4.74 Å². The molecule has 3 saturated carbocycles. The van der Waals surface area contributed by atoms with Gasteiger partial charge >= 0.3 is 5.97 Å². The van der Waals surface area contributed by atoms with E-state index in [-0.39, 0.29) is 47.6 Å². The van der Waals surface area contributed by atoms with E-state index in [0.717, 1.165) is 12.0 Å². The molecule has 0 saturated heterocycles. The van der Waals surface area contributed by atoms with E-state index in [9.17, 15) is 25.2 Å². The van der Waals surface area contributed by atoms with E-state index in [1.54, 1.807) is 6.92 Å². The molecule has 0 spiro atoms. The van der Waals surface area contributed by atoms with Gasteiger partial charge in [0.05, 0.1) is 23.9 Å². The Morgan fingerprint density at radius 2 is 1.88 bits per heavy atom. The summed E-state index contributed by atoms with van der Waals surface area (Å²) in [5.74, 6) is -0.863. The van der Waals surface area contributed by atoms with Gasteiger partial charge in [-0.3, -0.25) is 4.79 Å². The van der Waals surface area contributed by atoms with E-state index >= 15 is 0 Å². The first-order chi connectivity index (χ1) is 14.9. The van der Waals surface area contributed by atoms with Crippen LogP contribution < -0.4 is 0 Å². The molecular formula is C26H42O6. The molecule has 32 heavy (non-hydrogen) atoms. The highest BCUT2D eigenvalue weighted by Crippen LogP contribution is 2.68. The highest BCUT2D eigenvalue weighted by atomic mass is 16.6. The Hall–Kier alpha value is -0.950. The molecule has 6 heteroatoms. The minimum atomic E-state index is -1.15. The number of hydrogen-bond donors (Lipinski definition) is 4. The van der Waals surface area contributed by atoms with Crippen LogP contribution in [-0.4, -0.2) is 56.4 Å². The van der Waals surface area contributed by atoms with Crippen LogP contribution >= 0.6 is 0 Å². The van der Waals surface area contributed by atoms with Crippen molar-refractivity contribution >= 4 is 5.97 Å². The van der Waals surface area contributed by atoms with Crippen molar-refractivity contribution in [1.82, 2.24) is 0 Å². The smallest absolute Gasteiger partial charge is 0.306 e. The lowest BCUT2D eigenvalue weighted by atomic mass is 9.44. The molecule has 4 N–H and O–H groups in total. The van der Waals surface area contributed by atoms with Crippen LogP contribution in [0.5, 0.6) is 0 Å². The van der Waals surface area contributed by atoms with Gasteiger partial charge in [0, 0.05) is 17.8 Å². The van der Waals surface area contributed by atoms with Crippen molar-refractivity contribution in [1.29, 1.82) is 0 Å². The van der Waals surface area contributed by atoms with Crippen LogP contribution in [0.3, 0.4) is 0 Å². The van der Waals surface area contributed by atoms with Crippen LogP contribution in [0.25, 0.3) is 0 Å². The van der Waals surface area contributed by atoms with Crippen molar-refractivity contribution < 1.29 is 30.0 Å². The number of hydrogen-bond acceptors (Lipinski definition) is 6. The molecule has 10 atom stereocenters. The summed E-state index contributed by atoms with van der Waals surface area (Å²) < 4.78 is 6.10. The van der Waals surface area contributed by atoms with Gasteiger partial charge in [-0.05, 0) is 68.6 Å². The fourth-order valence-corrected chi connectivity index (χ4v) is 8.13. The molecule has 0 amide bonds. The van der Waals surface area contributed by atoms with Gasteiger partial charge < -0.3 is 25.2 Å². The Balaban J connectivity index is 1.82. The quantitative estimate of drug-likeness (QED) is 0.388. The second kappa shape index (κ2) is 8.07.